The fourth-order valence-corrected chi connectivity index (χ4v) is 5.77. The van der Waals surface area contributed by atoms with E-state index in [4.69, 9.17) is 9.47 Å². The van der Waals surface area contributed by atoms with E-state index >= 15 is 0 Å². The second-order valence-electron chi connectivity index (χ2n) is 8.43. The monoisotopic (exact) mass is 518 g/mol. The van der Waals surface area contributed by atoms with Crippen LogP contribution >= 0.6 is 0 Å². The number of carbonyl (C=O) groups excluding carboxylic acids is 2. The molecule has 1 atom stereocenters. The highest BCUT2D eigenvalue weighted by atomic mass is 32.2. The number of Topliss-reactive ketones (excluding diaryl/α,β-unsaturated/α-hetero) is 1. The van der Waals surface area contributed by atoms with Gasteiger partial charge in [0.2, 0.25) is 10.0 Å². The highest BCUT2D eigenvalue weighted by Gasteiger charge is 2.45. The zero-order chi connectivity index (χ0) is 25.9. The second kappa shape index (κ2) is 10.9. The number of hydrogen-bond acceptors (Lipinski definition) is 7. The molecule has 0 bridgehead atoms. The number of amides is 1. The van der Waals surface area contributed by atoms with E-state index in [0.29, 0.717) is 31.8 Å². The molecule has 2 aromatic carbocycles. The van der Waals surface area contributed by atoms with Gasteiger partial charge in [0.05, 0.1) is 29.7 Å². The number of ketones is 1. The Kier molecular flexibility index (Phi) is 7.84. The molecule has 9 nitrogen and oxygen atoms in total. The van der Waals surface area contributed by atoms with Crippen molar-refractivity contribution in [1.29, 1.82) is 0 Å². The number of halogens is 1. The van der Waals surface area contributed by atoms with Crippen LogP contribution in [0.15, 0.2) is 59.0 Å². The van der Waals surface area contributed by atoms with Crippen molar-refractivity contribution in [3.63, 3.8) is 0 Å². The number of aliphatic hydroxyl groups is 1. The van der Waals surface area contributed by atoms with Crippen LogP contribution < -0.4 is 0 Å². The number of hydrogen-bond donors (Lipinski definition) is 1. The molecule has 2 aliphatic heterocycles. The minimum absolute atomic E-state index is 0.0380. The maximum atomic E-state index is 13.6. The molecular weight excluding hydrogens is 491 g/mol. The molecule has 11 heteroatoms. The minimum atomic E-state index is -3.74. The third-order valence-corrected chi connectivity index (χ3v) is 8.12. The summed E-state index contributed by atoms with van der Waals surface area (Å²) in [6, 6.07) is 9.90. The number of benzene rings is 2. The lowest BCUT2D eigenvalue weighted by Gasteiger charge is -2.26. The van der Waals surface area contributed by atoms with Crippen molar-refractivity contribution < 1.29 is 37.0 Å². The predicted octanol–water partition coefficient (Wildman–Crippen LogP) is 2.30. The number of methoxy groups -OCH3 is 1. The highest BCUT2D eigenvalue weighted by molar-refractivity contribution is 7.89. The lowest BCUT2D eigenvalue weighted by Crippen LogP contribution is -2.40. The molecule has 2 aromatic rings. The van der Waals surface area contributed by atoms with Crippen LogP contribution in [0, 0.1) is 5.82 Å². The number of aliphatic hydroxyl groups excluding tert-OH is 1. The molecule has 36 heavy (non-hydrogen) atoms. The van der Waals surface area contributed by atoms with Gasteiger partial charge >= 0.3 is 0 Å². The van der Waals surface area contributed by atoms with Crippen molar-refractivity contribution in [2.45, 2.75) is 17.4 Å². The highest BCUT2D eigenvalue weighted by Crippen LogP contribution is 2.39. The van der Waals surface area contributed by atoms with Gasteiger partial charge in [-0.2, -0.15) is 4.31 Å². The van der Waals surface area contributed by atoms with E-state index in [-0.39, 0.29) is 35.7 Å². The summed E-state index contributed by atoms with van der Waals surface area (Å²) in [5, 5.41) is 11.1. The molecule has 0 spiro atoms. The van der Waals surface area contributed by atoms with Gasteiger partial charge in [0.15, 0.2) is 0 Å². The Morgan fingerprint density at radius 2 is 1.72 bits per heavy atom. The van der Waals surface area contributed by atoms with E-state index in [0.717, 1.165) is 0 Å². The molecule has 2 fully saturated rings. The van der Waals surface area contributed by atoms with E-state index in [1.165, 1.54) is 64.8 Å². The van der Waals surface area contributed by atoms with Gasteiger partial charge in [0.1, 0.15) is 11.6 Å². The summed E-state index contributed by atoms with van der Waals surface area (Å²) in [6.07, 6.45) is 0.454. The minimum Gasteiger partial charge on any atom is -0.507 e. The fraction of sp³-hybridized carbons (Fsp3) is 0.360. The Morgan fingerprint density at radius 3 is 2.33 bits per heavy atom. The van der Waals surface area contributed by atoms with Gasteiger partial charge in [-0.05, 0) is 48.4 Å². The lowest BCUT2D eigenvalue weighted by molar-refractivity contribution is -0.140. The number of ether oxygens (including phenoxy) is 2. The number of rotatable bonds is 8. The smallest absolute Gasteiger partial charge is 0.295 e. The lowest BCUT2D eigenvalue weighted by atomic mass is 9.95. The molecule has 0 aromatic heterocycles. The quantitative estimate of drug-likeness (QED) is 0.247. The molecule has 0 saturated carbocycles. The third-order valence-electron chi connectivity index (χ3n) is 6.21. The summed E-state index contributed by atoms with van der Waals surface area (Å²) in [5.74, 6) is -2.57. The van der Waals surface area contributed by atoms with Crippen molar-refractivity contribution in [3.8, 4) is 0 Å². The van der Waals surface area contributed by atoms with Crippen LogP contribution in [0.5, 0.6) is 0 Å². The number of likely N-dealkylation sites (tertiary alicyclic amines) is 1. The SMILES string of the molecule is COCCCN1C(=O)C(=O)C(=C(O)c2ccc(S(=O)(=O)N3CCOCC3)cc2)[C@@H]1c1ccc(F)cc1. The Morgan fingerprint density at radius 1 is 1.08 bits per heavy atom. The average Bonchev–Trinajstić information content (AvgIpc) is 3.14. The maximum absolute atomic E-state index is 13.6. The van der Waals surface area contributed by atoms with E-state index in [2.05, 4.69) is 0 Å². The van der Waals surface area contributed by atoms with Gasteiger partial charge in [-0.3, -0.25) is 9.59 Å². The normalized spacial score (nSPS) is 20.7. The van der Waals surface area contributed by atoms with Gasteiger partial charge in [-0.1, -0.05) is 12.1 Å². The summed E-state index contributed by atoms with van der Waals surface area (Å²) in [6.45, 7) is 1.66. The van der Waals surface area contributed by atoms with Crippen molar-refractivity contribution in [1.82, 2.24) is 9.21 Å². The van der Waals surface area contributed by atoms with Crippen molar-refractivity contribution >= 4 is 27.5 Å². The van der Waals surface area contributed by atoms with E-state index in [1.807, 2.05) is 0 Å². The molecule has 1 N–H and O–H groups in total. The topological polar surface area (TPSA) is 113 Å². The van der Waals surface area contributed by atoms with E-state index < -0.39 is 39.3 Å². The first-order chi connectivity index (χ1) is 17.3. The van der Waals surface area contributed by atoms with Crippen molar-refractivity contribution in [2.75, 3.05) is 46.6 Å². The summed E-state index contributed by atoms with van der Waals surface area (Å²) in [4.78, 5) is 27.3. The van der Waals surface area contributed by atoms with Crippen LogP contribution in [0.4, 0.5) is 4.39 Å². The molecule has 0 radical (unpaired) electrons. The van der Waals surface area contributed by atoms with Crippen LogP contribution in [0.25, 0.3) is 5.76 Å². The molecule has 2 saturated heterocycles. The molecule has 2 aliphatic rings. The van der Waals surface area contributed by atoms with Crippen molar-refractivity contribution in [2.24, 2.45) is 0 Å². The van der Waals surface area contributed by atoms with Gasteiger partial charge in [-0.25, -0.2) is 12.8 Å². The first-order valence-electron chi connectivity index (χ1n) is 11.5. The second-order valence-corrected chi connectivity index (χ2v) is 10.4. The number of carbonyl (C=O) groups is 2. The van der Waals surface area contributed by atoms with E-state index in [1.54, 1.807) is 0 Å². The largest absolute Gasteiger partial charge is 0.507 e. The number of morpholine rings is 1. The zero-order valence-electron chi connectivity index (χ0n) is 19.7. The summed E-state index contributed by atoms with van der Waals surface area (Å²) in [7, 11) is -2.22. The Hall–Kier alpha value is -3.12. The molecule has 0 aliphatic carbocycles. The summed E-state index contributed by atoms with van der Waals surface area (Å²) in [5.41, 5.74) is 0.492. The Labute approximate surface area is 208 Å². The predicted molar refractivity (Wildman–Crippen MR) is 128 cm³/mol. The summed E-state index contributed by atoms with van der Waals surface area (Å²) >= 11 is 0. The molecule has 4 rings (SSSR count). The molecular formula is C25H27FN2O7S. The zero-order valence-corrected chi connectivity index (χ0v) is 20.5. The van der Waals surface area contributed by atoms with Crippen LogP contribution in [0.2, 0.25) is 0 Å². The molecule has 2 heterocycles. The van der Waals surface area contributed by atoms with Crippen molar-refractivity contribution in [3.05, 3.63) is 71.0 Å². The molecule has 0 unspecified atom stereocenters. The Balaban J connectivity index is 1.71. The maximum Gasteiger partial charge on any atom is 0.295 e. The van der Waals surface area contributed by atoms with Crippen LogP contribution in [-0.4, -0.2) is 81.0 Å². The van der Waals surface area contributed by atoms with Gasteiger partial charge in [0.25, 0.3) is 11.7 Å². The molecule has 1 amide bonds. The first kappa shape index (κ1) is 26.0. The van der Waals surface area contributed by atoms with Crippen LogP contribution in [-0.2, 0) is 29.1 Å². The third kappa shape index (κ3) is 5.05. The van der Waals surface area contributed by atoms with Gasteiger partial charge in [0, 0.05) is 38.9 Å². The van der Waals surface area contributed by atoms with Crippen LogP contribution in [0.3, 0.4) is 0 Å². The van der Waals surface area contributed by atoms with Crippen LogP contribution in [0.1, 0.15) is 23.6 Å². The number of sulfonamides is 1. The first-order valence-corrected chi connectivity index (χ1v) is 12.9. The fourth-order valence-electron chi connectivity index (χ4n) is 4.36. The number of nitrogens with zero attached hydrogens (tertiary/aromatic N) is 2. The van der Waals surface area contributed by atoms with E-state index in [9.17, 15) is 27.5 Å². The Bertz CT molecular complexity index is 1250. The van der Waals surface area contributed by atoms with Gasteiger partial charge < -0.3 is 19.5 Å². The summed E-state index contributed by atoms with van der Waals surface area (Å²) < 4.78 is 51.0. The standard InChI is InChI=1S/C25H27FN2O7S/c1-34-14-2-11-28-22(17-3-7-19(26)8-4-17)21(24(30)25(28)31)23(29)18-5-9-20(10-6-18)36(32,33)27-12-15-35-16-13-27/h3-10,22,29H,2,11-16H2,1H3/t22-/m0/s1. The average molecular weight is 519 g/mol. The van der Waals surface area contributed by atoms with Gasteiger partial charge in [-0.15, -0.1) is 0 Å². The molecule has 192 valence electrons.